The highest BCUT2D eigenvalue weighted by atomic mass is 16.2. The van der Waals surface area contributed by atoms with Crippen LogP contribution in [0, 0.1) is 5.41 Å². The van der Waals surface area contributed by atoms with E-state index in [4.69, 9.17) is 0 Å². The maximum absolute atomic E-state index is 12.8. The molecule has 2 saturated heterocycles. The third-order valence-corrected chi connectivity index (χ3v) is 4.40. The Balaban J connectivity index is 2.09. The van der Waals surface area contributed by atoms with Crippen LogP contribution in [0.2, 0.25) is 0 Å². The van der Waals surface area contributed by atoms with Gasteiger partial charge in [-0.1, -0.05) is 13.3 Å². The summed E-state index contributed by atoms with van der Waals surface area (Å²) in [5.41, 5.74) is -0.275. The second-order valence-corrected chi connectivity index (χ2v) is 5.85. The van der Waals surface area contributed by atoms with Crippen LogP contribution in [0.15, 0.2) is 0 Å². The molecular weight excluding hydrogens is 242 g/mol. The minimum atomic E-state index is -0.275. The molecular formula is C14H25N3O2. The number of nitrogens with zero attached hydrogens (tertiary/aromatic N) is 2. The molecule has 2 amide bonds. The van der Waals surface area contributed by atoms with Gasteiger partial charge in [-0.05, 0) is 25.8 Å². The average molecular weight is 267 g/mol. The number of rotatable bonds is 3. The van der Waals surface area contributed by atoms with Gasteiger partial charge < -0.3 is 15.1 Å². The fourth-order valence-corrected chi connectivity index (χ4v) is 3.22. The molecule has 1 atom stereocenters. The molecule has 0 radical (unpaired) electrons. The molecule has 0 saturated carbocycles. The topological polar surface area (TPSA) is 52.7 Å². The SMILES string of the molecule is CCCC1(C(=O)N2CCN(C)C(=O)C2)CCCNC1. The van der Waals surface area contributed by atoms with Crippen LogP contribution in [0.1, 0.15) is 32.6 Å². The molecule has 2 aliphatic heterocycles. The standard InChI is InChI=1S/C14H25N3O2/c1-3-5-14(6-4-7-15-11-14)13(19)17-9-8-16(2)12(18)10-17/h15H,3-11H2,1-2H3. The van der Waals surface area contributed by atoms with Crippen molar-refractivity contribution in [2.75, 3.05) is 39.8 Å². The van der Waals surface area contributed by atoms with Gasteiger partial charge >= 0.3 is 0 Å². The maximum Gasteiger partial charge on any atom is 0.241 e. The molecule has 0 aromatic rings. The molecule has 1 unspecified atom stereocenters. The molecule has 0 aromatic carbocycles. The van der Waals surface area contributed by atoms with E-state index >= 15 is 0 Å². The molecule has 0 spiro atoms. The van der Waals surface area contributed by atoms with Gasteiger partial charge in [0.25, 0.3) is 0 Å². The molecule has 0 aromatic heterocycles. The number of carbonyl (C=O) groups excluding carboxylic acids is 2. The number of piperazine rings is 1. The molecule has 2 heterocycles. The lowest BCUT2D eigenvalue weighted by atomic mass is 9.75. The van der Waals surface area contributed by atoms with Crippen LogP contribution in [0.25, 0.3) is 0 Å². The fraction of sp³-hybridized carbons (Fsp3) is 0.857. The van der Waals surface area contributed by atoms with Gasteiger partial charge in [-0.15, -0.1) is 0 Å². The summed E-state index contributed by atoms with van der Waals surface area (Å²) < 4.78 is 0. The third-order valence-electron chi connectivity index (χ3n) is 4.40. The van der Waals surface area contributed by atoms with Crippen molar-refractivity contribution in [3.8, 4) is 0 Å². The lowest BCUT2D eigenvalue weighted by Crippen LogP contribution is -2.57. The van der Waals surface area contributed by atoms with E-state index in [1.165, 1.54) is 0 Å². The fourth-order valence-electron chi connectivity index (χ4n) is 3.22. The molecule has 2 fully saturated rings. The predicted molar refractivity (Wildman–Crippen MR) is 73.7 cm³/mol. The van der Waals surface area contributed by atoms with Gasteiger partial charge in [0.15, 0.2) is 0 Å². The molecule has 1 N–H and O–H groups in total. The van der Waals surface area contributed by atoms with Crippen LogP contribution in [0.3, 0.4) is 0 Å². The Hall–Kier alpha value is -1.10. The van der Waals surface area contributed by atoms with Crippen LogP contribution in [0.5, 0.6) is 0 Å². The van der Waals surface area contributed by atoms with Crippen molar-refractivity contribution in [1.82, 2.24) is 15.1 Å². The van der Waals surface area contributed by atoms with Gasteiger partial charge in [0.2, 0.25) is 11.8 Å². The van der Waals surface area contributed by atoms with Crippen LogP contribution >= 0.6 is 0 Å². The van der Waals surface area contributed by atoms with Gasteiger partial charge in [0, 0.05) is 26.7 Å². The zero-order chi connectivity index (χ0) is 13.9. The van der Waals surface area contributed by atoms with E-state index in [1.54, 1.807) is 16.8 Å². The van der Waals surface area contributed by atoms with E-state index in [2.05, 4.69) is 12.2 Å². The quantitative estimate of drug-likeness (QED) is 0.808. The minimum Gasteiger partial charge on any atom is -0.342 e. The second kappa shape index (κ2) is 5.90. The lowest BCUT2D eigenvalue weighted by Gasteiger charge is -2.42. The van der Waals surface area contributed by atoms with Crippen LogP contribution in [-0.2, 0) is 9.59 Å². The smallest absolute Gasteiger partial charge is 0.241 e. The average Bonchev–Trinajstić information content (AvgIpc) is 2.42. The molecule has 0 bridgehead atoms. The largest absolute Gasteiger partial charge is 0.342 e. The normalized spacial score (nSPS) is 28.6. The second-order valence-electron chi connectivity index (χ2n) is 5.85. The van der Waals surface area contributed by atoms with Crippen molar-refractivity contribution in [1.29, 1.82) is 0 Å². The summed E-state index contributed by atoms with van der Waals surface area (Å²) in [6.45, 7) is 5.47. The Labute approximate surface area is 115 Å². The predicted octanol–water partition coefficient (Wildman–Crippen LogP) is 0.457. The summed E-state index contributed by atoms with van der Waals surface area (Å²) in [5.74, 6) is 0.234. The number of amides is 2. The molecule has 2 rings (SSSR count). The summed E-state index contributed by atoms with van der Waals surface area (Å²) in [4.78, 5) is 28.1. The number of hydrogen-bond acceptors (Lipinski definition) is 3. The lowest BCUT2D eigenvalue weighted by molar-refractivity contribution is -0.152. The molecule has 0 aliphatic carbocycles. The Kier molecular flexibility index (Phi) is 4.45. The van der Waals surface area contributed by atoms with Crippen LogP contribution in [-0.4, -0.2) is 61.4 Å². The van der Waals surface area contributed by atoms with E-state index in [0.29, 0.717) is 13.1 Å². The van der Waals surface area contributed by atoms with Crippen LogP contribution in [0.4, 0.5) is 0 Å². The van der Waals surface area contributed by atoms with Gasteiger partial charge in [-0.2, -0.15) is 0 Å². The molecule has 2 aliphatic rings. The zero-order valence-electron chi connectivity index (χ0n) is 12.1. The van der Waals surface area contributed by atoms with Crippen molar-refractivity contribution in [2.45, 2.75) is 32.6 Å². The van der Waals surface area contributed by atoms with Gasteiger partial charge in [-0.3, -0.25) is 9.59 Å². The minimum absolute atomic E-state index is 0.0509. The summed E-state index contributed by atoms with van der Waals surface area (Å²) in [6.07, 6.45) is 3.93. The summed E-state index contributed by atoms with van der Waals surface area (Å²) in [6, 6.07) is 0. The number of likely N-dealkylation sites (N-methyl/N-ethyl adjacent to an activating group) is 1. The first kappa shape index (κ1) is 14.3. The summed E-state index contributed by atoms with van der Waals surface area (Å²) in [7, 11) is 1.80. The molecule has 5 nitrogen and oxygen atoms in total. The van der Waals surface area contributed by atoms with Gasteiger partial charge in [0.05, 0.1) is 12.0 Å². The maximum atomic E-state index is 12.8. The Morgan fingerprint density at radius 1 is 1.42 bits per heavy atom. The van der Waals surface area contributed by atoms with Crippen molar-refractivity contribution in [2.24, 2.45) is 5.41 Å². The monoisotopic (exact) mass is 267 g/mol. The Morgan fingerprint density at radius 2 is 2.21 bits per heavy atom. The van der Waals surface area contributed by atoms with Gasteiger partial charge in [-0.25, -0.2) is 0 Å². The molecule has 108 valence electrons. The van der Waals surface area contributed by atoms with Crippen molar-refractivity contribution < 1.29 is 9.59 Å². The number of carbonyl (C=O) groups is 2. The number of hydrogen-bond donors (Lipinski definition) is 1. The van der Waals surface area contributed by atoms with E-state index < -0.39 is 0 Å². The first-order valence-corrected chi connectivity index (χ1v) is 7.33. The van der Waals surface area contributed by atoms with E-state index in [0.717, 1.165) is 38.8 Å². The highest BCUT2D eigenvalue weighted by Gasteiger charge is 2.42. The van der Waals surface area contributed by atoms with Crippen molar-refractivity contribution >= 4 is 11.8 Å². The first-order valence-electron chi connectivity index (χ1n) is 7.33. The first-order chi connectivity index (χ1) is 9.09. The summed E-state index contributed by atoms with van der Waals surface area (Å²) in [5, 5.41) is 3.36. The van der Waals surface area contributed by atoms with E-state index in [1.807, 2.05) is 0 Å². The molecule has 5 heteroatoms. The molecule has 19 heavy (non-hydrogen) atoms. The number of nitrogens with one attached hydrogen (secondary N) is 1. The van der Waals surface area contributed by atoms with Gasteiger partial charge in [0.1, 0.15) is 0 Å². The highest BCUT2D eigenvalue weighted by molar-refractivity contribution is 5.89. The Bertz CT molecular complexity index is 345. The highest BCUT2D eigenvalue weighted by Crippen LogP contribution is 2.34. The zero-order valence-corrected chi connectivity index (χ0v) is 12.1. The van der Waals surface area contributed by atoms with E-state index in [-0.39, 0.29) is 23.8 Å². The Morgan fingerprint density at radius 3 is 2.79 bits per heavy atom. The van der Waals surface area contributed by atoms with Crippen molar-refractivity contribution in [3.63, 3.8) is 0 Å². The summed E-state index contributed by atoms with van der Waals surface area (Å²) >= 11 is 0. The van der Waals surface area contributed by atoms with E-state index in [9.17, 15) is 9.59 Å². The van der Waals surface area contributed by atoms with Crippen LogP contribution < -0.4 is 5.32 Å². The number of piperidine rings is 1. The third kappa shape index (κ3) is 2.91. The van der Waals surface area contributed by atoms with Crippen molar-refractivity contribution in [3.05, 3.63) is 0 Å².